The van der Waals surface area contributed by atoms with E-state index < -0.39 is 5.54 Å². The van der Waals surface area contributed by atoms with Crippen LogP contribution >= 0.6 is 0 Å². The summed E-state index contributed by atoms with van der Waals surface area (Å²) >= 11 is 0. The summed E-state index contributed by atoms with van der Waals surface area (Å²) in [7, 11) is 0. The van der Waals surface area contributed by atoms with E-state index in [0.717, 1.165) is 25.2 Å². The molecule has 1 atom stereocenters. The van der Waals surface area contributed by atoms with Gasteiger partial charge < -0.3 is 19.0 Å². The lowest BCUT2D eigenvalue weighted by molar-refractivity contribution is -0.144. The van der Waals surface area contributed by atoms with Crippen molar-refractivity contribution >= 4 is 11.8 Å². The highest BCUT2D eigenvalue weighted by atomic mass is 16.5. The van der Waals surface area contributed by atoms with Crippen molar-refractivity contribution in [3.8, 4) is 0 Å². The average molecular weight is 336 g/mol. The van der Waals surface area contributed by atoms with Gasteiger partial charge in [0.05, 0.1) is 18.9 Å². The maximum absolute atomic E-state index is 12.9. The van der Waals surface area contributed by atoms with Crippen LogP contribution in [0.5, 0.6) is 0 Å². The summed E-state index contributed by atoms with van der Waals surface area (Å²) in [6.45, 7) is 9.00. The van der Waals surface area contributed by atoms with Crippen LogP contribution in [0.3, 0.4) is 0 Å². The summed E-state index contributed by atoms with van der Waals surface area (Å²) in [6, 6.07) is 3.66. The van der Waals surface area contributed by atoms with Gasteiger partial charge >= 0.3 is 0 Å². The zero-order valence-corrected chi connectivity index (χ0v) is 15.1. The van der Waals surface area contributed by atoms with Gasteiger partial charge in [0.2, 0.25) is 11.8 Å². The number of ether oxygens (including phenoxy) is 1. The molecule has 1 aromatic rings. The predicted molar refractivity (Wildman–Crippen MR) is 90.2 cm³/mol. The third-order valence-corrected chi connectivity index (χ3v) is 4.21. The number of nitrogens with zero attached hydrogens (tertiary/aromatic N) is 2. The van der Waals surface area contributed by atoms with Gasteiger partial charge in [0.1, 0.15) is 12.3 Å². The van der Waals surface area contributed by atoms with Crippen molar-refractivity contribution in [3.05, 3.63) is 24.2 Å². The van der Waals surface area contributed by atoms with E-state index in [1.807, 2.05) is 26.8 Å². The van der Waals surface area contributed by atoms with Crippen LogP contribution in [0.15, 0.2) is 22.8 Å². The van der Waals surface area contributed by atoms with E-state index in [0.29, 0.717) is 13.1 Å². The predicted octanol–water partition coefficient (Wildman–Crippen LogP) is 2.43. The molecule has 0 aliphatic carbocycles. The van der Waals surface area contributed by atoms with Crippen molar-refractivity contribution in [1.82, 2.24) is 9.80 Å². The fourth-order valence-electron chi connectivity index (χ4n) is 2.94. The SMILES string of the molecule is CC(=O)N(CC(=O)N(Cc1ccco1)C[C@H]1CCCO1)C(C)(C)C. The lowest BCUT2D eigenvalue weighted by Gasteiger charge is -2.36. The lowest BCUT2D eigenvalue weighted by atomic mass is 10.1. The zero-order valence-electron chi connectivity index (χ0n) is 15.1. The summed E-state index contributed by atoms with van der Waals surface area (Å²) in [5.41, 5.74) is -0.401. The maximum Gasteiger partial charge on any atom is 0.242 e. The molecule has 2 amide bonds. The Morgan fingerprint density at radius 2 is 2.08 bits per heavy atom. The Morgan fingerprint density at radius 1 is 1.33 bits per heavy atom. The molecule has 1 aliphatic heterocycles. The van der Waals surface area contributed by atoms with Crippen LogP contribution in [0.4, 0.5) is 0 Å². The van der Waals surface area contributed by atoms with Crippen LogP contribution in [0.25, 0.3) is 0 Å². The molecular formula is C18H28N2O4. The molecule has 6 heteroatoms. The summed E-state index contributed by atoms with van der Waals surface area (Å²) < 4.78 is 11.1. The van der Waals surface area contributed by atoms with Gasteiger partial charge in [-0.2, -0.15) is 0 Å². The van der Waals surface area contributed by atoms with Crippen molar-refractivity contribution in [2.24, 2.45) is 0 Å². The highest BCUT2D eigenvalue weighted by Crippen LogP contribution is 2.18. The largest absolute Gasteiger partial charge is 0.467 e. The zero-order chi connectivity index (χ0) is 17.7. The van der Waals surface area contributed by atoms with Crippen LogP contribution in [0.2, 0.25) is 0 Å². The van der Waals surface area contributed by atoms with Crippen LogP contribution in [0, 0.1) is 0 Å². The van der Waals surface area contributed by atoms with Crippen LogP contribution < -0.4 is 0 Å². The second-order valence-corrected chi connectivity index (χ2v) is 7.26. The summed E-state index contributed by atoms with van der Waals surface area (Å²) in [5.74, 6) is 0.532. The van der Waals surface area contributed by atoms with Gasteiger partial charge in [-0.25, -0.2) is 0 Å². The molecule has 24 heavy (non-hydrogen) atoms. The van der Waals surface area contributed by atoms with Gasteiger partial charge in [-0.1, -0.05) is 0 Å². The molecule has 2 rings (SSSR count). The number of hydrogen-bond donors (Lipinski definition) is 0. The molecule has 0 N–H and O–H groups in total. The highest BCUT2D eigenvalue weighted by Gasteiger charge is 2.30. The second-order valence-electron chi connectivity index (χ2n) is 7.26. The molecule has 6 nitrogen and oxygen atoms in total. The molecule has 0 spiro atoms. The number of furan rings is 1. The van der Waals surface area contributed by atoms with Gasteiger partial charge in [0.15, 0.2) is 0 Å². The van der Waals surface area contributed by atoms with Crippen molar-refractivity contribution < 1.29 is 18.7 Å². The first-order valence-electron chi connectivity index (χ1n) is 8.47. The van der Waals surface area contributed by atoms with E-state index >= 15 is 0 Å². The molecule has 1 aromatic heterocycles. The number of amides is 2. The number of carbonyl (C=O) groups excluding carboxylic acids is 2. The molecule has 134 valence electrons. The summed E-state index contributed by atoms with van der Waals surface area (Å²) in [5, 5.41) is 0. The lowest BCUT2D eigenvalue weighted by Crippen LogP contribution is -2.51. The monoisotopic (exact) mass is 336 g/mol. The first-order valence-corrected chi connectivity index (χ1v) is 8.47. The molecule has 1 saturated heterocycles. The number of carbonyl (C=O) groups is 2. The van der Waals surface area contributed by atoms with Crippen molar-refractivity contribution in [2.75, 3.05) is 19.7 Å². The number of hydrogen-bond acceptors (Lipinski definition) is 4. The minimum Gasteiger partial charge on any atom is -0.467 e. The van der Waals surface area contributed by atoms with Gasteiger partial charge in [0.25, 0.3) is 0 Å². The quantitative estimate of drug-likeness (QED) is 0.800. The first-order chi connectivity index (χ1) is 11.3. The standard InChI is InChI=1S/C18H28N2O4/c1-14(21)20(18(2,3)4)13-17(22)19(11-15-7-5-9-23-15)12-16-8-6-10-24-16/h5,7,9,16H,6,8,10-13H2,1-4H3/t16-/m1/s1. The smallest absolute Gasteiger partial charge is 0.242 e. The van der Waals surface area contributed by atoms with Crippen molar-refractivity contribution in [1.29, 1.82) is 0 Å². The minimum absolute atomic E-state index is 0.0596. The van der Waals surface area contributed by atoms with Crippen molar-refractivity contribution in [3.63, 3.8) is 0 Å². The van der Waals surface area contributed by atoms with Crippen LogP contribution in [0.1, 0.15) is 46.3 Å². The maximum atomic E-state index is 12.9. The Morgan fingerprint density at radius 3 is 2.58 bits per heavy atom. The van der Waals surface area contributed by atoms with E-state index in [-0.39, 0.29) is 24.5 Å². The van der Waals surface area contributed by atoms with Gasteiger partial charge in [-0.3, -0.25) is 9.59 Å². The highest BCUT2D eigenvalue weighted by molar-refractivity contribution is 5.84. The topological polar surface area (TPSA) is 63.0 Å². The molecule has 0 radical (unpaired) electrons. The van der Waals surface area contributed by atoms with E-state index in [9.17, 15) is 9.59 Å². The molecular weight excluding hydrogens is 308 g/mol. The van der Waals surface area contributed by atoms with E-state index in [1.54, 1.807) is 22.1 Å². The third kappa shape index (κ3) is 5.09. The second kappa shape index (κ2) is 7.83. The Balaban J connectivity index is 2.08. The van der Waals surface area contributed by atoms with Crippen LogP contribution in [-0.2, 0) is 20.9 Å². The van der Waals surface area contributed by atoms with E-state index in [4.69, 9.17) is 9.15 Å². The molecule has 1 aliphatic rings. The third-order valence-electron chi connectivity index (χ3n) is 4.21. The Kier molecular flexibility index (Phi) is 6.04. The van der Waals surface area contributed by atoms with Gasteiger partial charge in [-0.15, -0.1) is 0 Å². The van der Waals surface area contributed by atoms with Gasteiger partial charge in [0, 0.05) is 25.6 Å². The normalized spacial score (nSPS) is 17.8. The Bertz CT molecular complexity index is 542. The summed E-state index contributed by atoms with van der Waals surface area (Å²) in [4.78, 5) is 28.1. The first kappa shape index (κ1) is 18.5. The summed E-state index contributed by atoms with van der Waals surface area (Å²) in [6.07, 6.45) is 3.64. The van der Waals surface area contributed by atoms with Crippen LogP contribution in [-0.4, -0.2) is 53.0 Å². The molecule has 1 fully saturated rings. The molecule has 0 saturated carbocycles. The van der Waals surface area contributed by atoms with Crippen molar-refractivity contribution in [2.45, 2.75) is 58.7 Å². The Hall–Kier alpha value is -1.82. The van der Waals surface area contributed by atoms with E-state index in [2.05, 4.69) is 0 Å². The fourth-order valence-corrected chi connectivity index (χ4v) is 2.94. The number of rotatable bonds is 6. The average Bonchev–Trinajstić information content (AvgIpc) is 3.15. The molecule has 0 bridgehead atoms. The molecule has 2 heterocycles. The van der Waals surface area contributed by atoms with E-state index in [1.165, 1.54) is 6.92 Å². The molecule has 0 aromatic carbocycles. The Labute approximate surface area is 143 Å². The fraction of sp³-hybridized carbons (Fsp3) is 0.667. The molecule has 0 unspecified atom stereocenters. The van der Waals surface area contributed by atoms with Gasteiger partial charge in [-0.05, 0) is 45.7 Å². The minimum atomic E-state index is -0.401.